The lowest BCUT2D eigenvalue weighted by Crippen LogP contribution is -2.37. The Labute approximate surface area is 124 Å². The summed E-state index contributed by atoms with van der Waals surface area (Å²) >= 11 is 0. The van der Waals surface area contributed by atoms with Crippen molar-refractivity contribution in [3.05, 3.63) is 27.7 Å². The highest BCUT2D eigenvalue weighted by Crippen LogP contribution is 2.19. The first-order valence-electron chi connectivity index (χ1n) is 7.38. The van der Waals surface area contributed by atoms with Crippen LogP contribution in [-0.4, -0.2) is 46.0 Å². The molecule has 2 N–H and O–H groups in total. The Kier molecular flexibility index (Phi) is 5.39. The Morgan fingerprint density at radius 3 is 2.57 bits per heavy atom. The number of aromatic hydroxyl groups is 1. The zero-order chi connectivity index (χ0) is 15.4. The monoisotopic (exact) mass is 296 g/mol. The molecular weight excluding hydrogens is 272 g/mol. The van der Waals surface area contributed by atoms with Gasteiger partial charge >= 0.3 is 0 Å². The molecule has 0 spiro atoms. The largest absolute Gasteiger partial charge is 0.503 e. The van der Waals surface area contributed by atoms with Gasteiger partial charge in [0.2, 0.25) is 5.43 Å². The van der Waals surface area contributed by atoms with Gasteiger partial charge in [-0.2, -0.15) is 0 Å². The SMILES string of the molecule is CC(C)Cn1c(CO)cc(=O)c(O)c1CN1CCOCC1. The number of rotatable bonds is 5. The third kappa shape index (κ3) is 3.84. The van der Waals surface area contributed by atoms with Crippen molar-refractivity contribution < 1.29 is 14.9 Å². The minimum Gasteiger partial charge on any atom is -0.503 e. The van der Waals surface area contributed by atoms with Crippen molar-refractivity contribution in [3.8, 4) is 5.75 Å². The summed E-state index contributed by atoms with van der Waals surface area (Å²) in [6, 6.07) is 1.32. The molecule has 6 heteroatoms. The molecule has 0 unspecified atom stereocenters. The van der Waals surface area contributed by atoms with Gasteiger partial charge in [0.1, 0.15) is 0 Å². The lowest BCUT2D eigenvalue weighted by molar-refractivity contribution is 0.0325. The number of aliphatic hydroxyl groups excluding tert-OH is 1. The quantitative estimate of drug-likeness (QED) is 0.829. The summed E-state index contributed by atoms with van der Waals surface area (Å²) < 4.78 is 7.19. The third-order valence-electron chi connectivity index (χ3n) is 3.66. The van der Waals surface area contributed by atoms with Crippen LogP contribution < -0.4 is 5.43 Å². The Hall–Kier alpha value is -1.37. The molecule has 1 aromatic heterocycles. The smallest absolute Gasteiger partial charge is 0.223 e. The van der Waals surface area contributed by atoms with E-state index in [2.05, 4.69) is 18.7 Å². The second-order valence-electron chi connectivity index (χ2n) is 5.85. The van der Waals surface area contributed by atoms with Gasteiger partial charge in [-0.25, -0.2) is 0 Å². The van der Waals surface area contributed by atoms with E-state index in [1.807, 2.05) is 4.57 Å². The average Bonchev–Trinajstić information content (AvgIpc) is 2.47. The van der Waals surface area contributed by atoms with Crippen molar-refractivity contribution in [2.24, 2.45) is 5.92 Å². The van der Waals surface area contributed by atoms with E-state index < -0.39 is 5.43 Å². The molecule has 1 fully saturated rings. The Bertz CT molecular complexity index is 533. The highest BCUT2D eigenvalue weighted by Gasteiger charge is 2.19. The topological polar surface area (TPSA) is 74.9 Å². The summed E-state index contributed by atoms with van der Waals surface area (Å²) in [5.41, 5.74) is 0.708. The van der Waals surface area contributed by atoms with E-state index in [0.717, 1.165) is 13.1 Å². The van der Waals surface area contributed by atoms with Gasteiger partial charge in [0.25, 0.3) is 0 Å². The fourth-order valence-electron chi connectivity index (χ4n) is 2.60. The highest BCUT2D eigenvalue weighted by molar-refractivity contribution is 5.30. The molecule has 0 amide bonds. The van der Waals surface area contributed by atoms with Gasteiger partial charge in [-0.3, -0.25) is 9.69 Å². The number of pyridine rings is 1. The first kappa shape index (κ1) is 16.0. The van der Waals surface area contributed by atoms with Crippen LogP contribution in [0.3, 0.4) is 0 Å². The van der Waals surface area contributed by atoms with E-state index in [0.29, 0.717) is 43.6 Å². The standard InChI is InChI=1S/C15H24N2O4/c1-11(2)8-17-12(10-18)7-14(19)15(20)13(17)9-16-3-5-21-6-4-16/h7,11,18,20H,3-6,8-10H2,1-2H3. The summed E-state index contributed by atoms with van der Waals surface area (Å²) in [4.78, 5) is 14.0. The molecule has 0 atom stereocenters. The Balaban J connectivity index is 2.39. The van der Waals surface area contributed by atoms with Crippen molar-refractivity contribution in [2.75, 3.05) is 26.3 Å². The summed E-state index contributed by atoms with van der Waals surface area (Å²) in [5.74, 6) is 0.139. The maximum absolute atomic E-state index is 11.9. The number of morpholine rings is 1. The Morgan fingerprint density at radius 2 is 2.00 bits per heavy atom. The summed E-state index contributed by atoms with van der Waals surface area (Å²) in [5, 5.41) is 19.7. The lowest BCUT2D eigenvalue weighted by Gasteiger charge is -2.29. The molecular formula is C15H24N2O4. The van der Waals surface area contributed by atoms with Gasteiger partial charge < -0.3 is 19.5 Å². The second-order valence-corrected chi connectivity index (χ2v) is 5.85. The van der Waals surface area contributed by atoms with Gasteiger partial charge in [-0.15, -0.1) is 0 Å². The zero-order valence-corrected chi connectivity index (χ0v) is 12.7. The normalized spacial score (nSPS) is 16.6. The predicted molar refractivity (Wildman–Crippen MR) is 79.2 cm³/mol. The third-order valence-corrected chi connectivity index (χ3v) is 3.66. The fourth-order valence-corrected chi connectivity index (χ4v) is 2.60. The van der Waals surface area contributed by atoms with Crippen LogP contribution in [0.4, 0.5) is 0 Å². The van der Waals surface area contributed by atoms with Crippen molar-refractivity contribution in [3.63, 3.8) is 0 Å². The fraction of sp³-hybridized carbons (Fsp3) is 0.667. The maximum Gasteiger partial charge on any atom is 0.223 e. The minimum absolute atomic E-state index is 0.209. The first-order chi connectivity index (χ1) is 10.0. The molecule has 2 heterocycles. The van der Waals surface area contributed by atoms with Crippen LogP contribution in [0, 0.1) is 5.92 Å². The van der Waals surface area contributed by atoms with E-state index in [9.17, 15) is 15.0 Å². The summed E-state index contributed by atoms with van der Waals surface area (Å²) in [6.07, 6.45) is 0. The van der Waals surface area contributed by atoms with Crippen LogP contribution in [0.15, 0.2) is 10.9 Å². The second kappa shape index (κ2) is 7.06. The van der Waals surface area contributed by atoms with Crippen LogP contribution >= 0.6 is 0 Å². The molecule has 0 saturated carbocycles. The summed E-state index contributed by atoms with van der Waals surface area (Å²) in [6.45, 7) is 7.94. The number of hydrogen-bond donors (Lipinski definition) is 2. The number of aliphatic hydroxyl groups is 1. The Morgan fingerprint density at radius 1 is 1.33 bits per heavy atom. The first-order valence-corrected chi connectivity index (χ1v) is 7.38. The van der Waals surface area contributed by atoms with E-state index in [1.54, 1.807) is 0 Å². The number of ether oxygens (including phenoxy) is 1. The highest BCUT2D eigenvalue weighted by atomic mass is 16.5. The molecule has 118 valence electrons. The molecule has 2 rings (SSSR count). The van der Waals surface area contributed by atoms with Crippen molar-refractivity contribution in [1.29, 1.82) is 0 Å². The van der Waals surface area contributed by atoms with Gasteiger partial charge in [-0.05, 0) is 5.92 Å². The van der Waals surface area contributed by atoms with E-state index in [1.165, 1.54) is 6.07 Å². The molecule has 1 saturated heterocycles. The van der Waals surface area contributed by atoms with Crippen LogP contribution in [0.1, 0.15) is 25.2 Å². The van der Waals surface area contributed by atoms with Crippen molar-refractivity contribution in [2.45, 2.75) is 33.5 Å². The molecule has 0 bridgehead atoms. The molecule has 1 aliphatic rings. The van der Waals surface area contributed by atoms with Crippen LogP contribution in [0.25, 0.3) is 0 Å². The van der Waals surface area contributed by atoms with Crippen molar-refractivity contribution in [1.82, 2.24) is 9.47 Å². The van der Waals surface area contributed by atoms with Gasteiger partial charge in [0, 0.05) is 37.9 Å². The molecule has 0 aliphatic carbocycles. The van der Waals surface area contributed by atoms with E-state index in [4.69, 9.17) is 4.74 Å². The van der Waals surface area contributed by atoms with E-state index >= 15 is 0 Å². The number of hydrogen-bond acceptors (Lipinski definition) is 5. The number of nitrogens with zero attached hydrogens (tertiary/aromatic N) is 2. The van der Waals surface area contributed by atoms with Gasteiger partial charge in [0.05, 0.1) is 25.5 Å². The molecule has 0 aromatic carbocycles. The van der Waals surface area contributed by atoms with Crippen LogP contribution in [0.5, 0.6) is 5.75 Å². The molecule has 6 nitrogen and oxygen atoms in total. The van der Waals surface area contributed by atoms with Crippen molar-refractivity contribution >= 4 is 0 Å². The van der Waals surface area contributed by atoms with Crippen LogP contribution in [-0.2, 0) is 24.4 Å². The summed E-state index contributed by atoms with van der Waals surface area (Å²) in [7, 11) is 0. The minimum atomic E-state index is -0.428. The maximum atomic E-state index is 11.9. The van der Waals surface area contributed by atoms with Crippen LogP contribution in [0.2, 0.25) is 0 Å². The van der Waals surface area contributed by atoms with Gasteiger partial charge in [0.15, 0.2) is 5.75 Å². The molecule has 0 radical (unpaired) electrons. The predicted octanol–water partition coefficient (Wildman–Crippen LogP) is 0.534. The van der Waals surface area contributed by atoms with E-state index in [-0.39, 0.29) is 12.4 Å². The average molecular weight is 296 g/mol. The number of aromatic nitrogens is 1. The molecule has 21 heavy (non-hydrogen) atoms. The zero-order valence-electron chi connectivity index (χ0n) is 12.7. The molecule has 1 aromatic rings. The van der Waals surface area contributed by atoms with Gasteiger partial charge in [-0.1, -0.05) is 13.8 Å². The molecule has 1 aliphatic heterocycles. The lowest BCUT2D eigenvalue weighted by atomic mass is 10.1.